The Morgan fingerprint density at radius 3 is 2.84 bits per heavy atom. The summed E-state index contributed by atoms with van der Waals surface area (Å²) in [5.41, 5.74) is 1.00. The molecule has 0 aliphatic carbocycles. The summed E-state index contributed by atoms with van der Waals surface area (Å²) in [6.07, 6.45) is 3.38. The molecule has 0 aliphatic heterocycles. The highest BCUT2D eigenvalue weighted by molar-refractivity contribution is 7.14. The molecule has 2 N–H and O–H groups in total. The van der Waals surface area contributed by atoms with Gasteiger partial charge in [0.25, 0.3) is 5.91 Å². The predicted molar refractivity (Wildman–Crippen MR) is 73.7 cm³/mol. The number of nitrogens with zero attached hydrogens (tertiary/aromatic N) is 1. The van der Waals surface area contributed by atoms with E-state index < -0.39 is 0 Å². The molecule has 0 aromatic carbocycles. The largest absolute Gasteiger partial charge is 0.384 e. The van der Waals surface area contributed by atoms with E-state index in [0.29, 0.717) is 11.4 Å². The Bertz CT molecular complexity index is 611. The summed E-state index contributed by atoms with van der Waals surface area (Å²) in [7, 11) is 0. The quantitative estimate of drug-likeness (QED) is 0.831. The highest BCUT2D eigenvalue weighted by Crippen LogP contribution is 2.15. The number of carbonyl (C=O) groups excluding carboxylic acids is 1. The molecule has 0 saturated heterocycles. The highest BCUT2D eigenvalue weighted by atomic mass is 32.1. The topological polar surface area (TPSA) is 62.2 Å². The lowest BCUT2D eigenvalue weighted by Crippen LogP contribution is -2.21. The first-order valence-electron chi connectivity index (χ1n) is 5.66. The van der Waals surface area contributed by atoms with Crippen molar-refractivity contribution in [2.75, 3.05) is 6.61 Å². The van der Waals surface area contributed by atoms with Crippen molar-refractivity contribution in [3.05, 3.63) is 52.0 Å². The lowest BCUT2D eigenvalue weighted by Gasteiger charge is -2.02. The van der Waals surface area contributed by atoms with Crippen molar-refractivity contribution in [3.63, 3.8) is 0 Å². The number of aliphatic hydroxyl groups is 1. The van der Waals surface area contributed by atoms with E-state index in [-0.39, 0.29) is 12.5 Å². The van der Waals surface area contributed by atoms with Crippen molar-refractivity contribution in [3.8, 4) is 11.8 Å². The van der Waals surface area contributed by atoms with Gasteiger partial charge in [-0.05, 0) is 29.8 Å². The van der Waals surface area contributed by atoms with Crippen LogP contribution >= 0.6 is 11.3 Å². The van der Waals surface area contributed by atoms with E-state index in [1.165, 1.54) is 11.3 Å². The van der Waals surface area contributed by atoms with Crippen LogP contribution in [0.1, 0.15) is 20.1 Å². The molecule has 0 saturated carbocycles. The second-order valence-electron chi connectivity index (χ2n) is 3.66. The van der Waals surface area contributed by atoms with Gasteiger partial charge in [0.15, 0.2) is 0 Å². The molecule has 0 fully saturated rings. The second-order valence-corrected chi connectivity index (χ2v) is 4.75. The summed E-state index contributed by atoms with van der Waals surface area (Å²) in [6.45, 7) is 0.290. The Morgan fingerprint density at radius 1 is 1.32 bits per heavy atom. The maximum atomic E-state index is 11.9. The van der Waals surface area contributed by atoms with Crippen molar-refractivity contribution >= 4 is 17.2 Å². The zero-order valence-electron chi connectivity index (χ0n) is 10.1. The fourth-order valence-electron chi connectivity index (χ4n) is 1.42. The lowest BCUT2D eigenvalue weighted by atomic mass is 10.2. The molecule has 2 heterocycles. The van der Waals surface area contributed by atoms with Gasteiger partial charge in [-0.25, -0.2) is 0 Å². The molecule has 19 heavy (non-hydrogen) atoms. The van der Waals surface area contributed by atoms with Crippen LogP contribution in [0.15, 0.2) is 36.7 Å². The molecule has 2 rings (SSSR count). The SMILES string of the molecule is O=C(NCc1ccncc1)c1ccc(C#CCO)s1. The molecule has 4 nitrogen and oxygen atoms in total. The van der Waals surface area contributed by atoms with Crippen LogP contribution in [0, 0.1) is 11.8 Å². The maximum Gasteiger partial charge on any atom is 0.261 e. The van der Waals surface area contributed by atoms with Gasteiger partial charge < -0.3 is 10.4 Å². The number of hydrogen-bond donors (Lipinski definition) is 2. The number of thiophene rings is 1. The fraction of sp³-hybridized carbons (Fsp3) is 0.143. The average molecular weight is 272 g/mol. The minimum Gasteiger partial charge on any atom is -0.384 e. The van der Waals surface area contributed by atoms with Crippen LogP contribution in [0.4, 0.5) is 0 Å². The third-order valence-corrected chi connectivity index (χ3v) is 3.32. The first kappa shape index (κ1) is 13.3. The first-order chi connectivity index (χ1) is 9.29. The summed E-state index contributed by atoms with van der Waals surface area (Å²) < 4.78 is 0. The van der Waals surface area contributed by atoms with Crippen molar-refractivity contribution in [2.45, 2.75) is 6.54 Å². The maximum absolute atomic E-state index is 11.9. The Morgan fingerprint density at radius 2 is 2.11 bits per heavy atom. The van der Waals surface area contributed by atoms with E-state index in [4.69, 9.17) is 5.11 Å². The van der Waals surface area contributed by atoms with E-state index in [0.717, 1.165) is 10.4 Å². The molecule has 0 bridgehead atoms. The lowest BCUT2D eigenvalue weighted by molar-refractivity contribution is 0.0955. The van der Waals surface area contributed by atoms with Gasteiger partial charge in [0.05, 0.1) is 9.75 Å². The van der Waals surface area contributed by atoms with Crippen molar-refractivity contribution in [1.29, 1.82) is 0 Å². The number of aliphatic hydroxyl groups excluding tert-OH is 1. The van der Waals surface area contributed by atoms with E-state index in [9.17, 15) is 4.79 Å². The number of nitrogens with one attached hydrogen (secondary N) is 1. The number of pyridine rings is 1. The summed E-state index contributed by atoms with van der Waals surface area (Å²) >= 11 is 1.31. The van der Waals surface area contributed by atoms with Gasteiger partial charge in [-0.1, -0.05) is 11.8 Å². The highest BCUT2D eigenvalue weighted by Gasteiger charge is 2.07. The average Bonchev–Trinajstić information content (AvgIpc) is 2.92. The normalized spacial score (nSPS) is 9.53. The summed E-state index contributed by atoms with van der Waals surface area (Å²) in [4.78, 5) is 17.2. The van der Waals surface area contributed by atoms with Gasteiger partial charge in [-0.2, -0.15) is 0 Å². The molecular weight excluding hydrogens is 260 g/mol. The van der Waals surface area contributed by atoms with E-state index in [2.05, 4.69) is 22.1 Å². The third kappa shape index (κ3) is 3.91. The van der Waals surface area contributed by atoms with Gasteiger partial charge in [0, 0.05) is 18.9 Å². The van der Waals surface area contributed by atoms with Crippen LogP contribution in [0.3, 0.4) is 0 Å². The number of hydrogen-bond acceptors (Lipinski definition) is 4. The molecule has 2 aromatic rings. The summed E-state index contributed by atoms with van der Waals surface area (Å²) in [6, 6.07) is 7.21. The van der Waals surface area contributed by atoms with Crippen LogP contribution in [-0.4, -0.2) is 22.6 Å². The molecule has 1 amide bonds. The summed E-state index contributed by atoms with van der Waals surface area (Å²) in [5, 5.41) is 11.4. The van der Waals surface area contributed by atoms with Crippen LogP contribution in [-0.2, 0) is 6.54 Å². The fourth-order valence-corrected chi connectivity index (χ4v) is 2.22. The molecule has 96 valence electrons. The van der Waals surface area contributed by atoms with Crippen molar-refractivity contribution in [1.82, 2.24) is 10.3 Å². The standard InChI is InChI=1S/C14H12N2O2S/c17-9-1-2-12-3-4-13(19-12)14(18)16-10-11-5-7-15-8-6-11/h3-8,17H,9-10H2,(H,16,18). The minimum absolute atomic E-state index is 0.126. The zero-order valence-corrected chi connectivity index (χ0v) is 10.9. The van der Waals surface area contributed by atoms with Crippen LogP contribution in [0.25, 0.3) is 0 Å². The Hall–Kier alpha value is -2.16. The van der Waals surface area contributed by atoms with Crippen molar-refractivity contribution < 1.29 is 9.90 Å². The second kappa shape index (κ2) is 6.69. The minimum atomic E-state index is -0.179. The smallest absolute Gasteiger partial charge is 0.261 e. The Balaban J connectivity index is 1.95. The number of carbonyl (C=O) groups is 1. The van der Waals surface area contributed by atoms with E-state index in [1.807, 2.05) is 12.1 Å². The van der Waals surface area contributed by atoms with Gasteiger partial charge in [0.2, 0.25) is 0 Å². The molecule has 0 aliphatic rings. The molecule has 0 atom stereocenters. The number of rotatable bonds is 3. The zero-order chi connectivity index (χ0) is 13.5. The molecular formula is C14H12N2O2S. The monoisotopic (exact) mass is 272 g/mol. The summed E-state index contributed by atoms with van der Waals surface area (Å²) in [5.74, 6) is 5.20. The molecule has 0 unspecified atom stereocenters. The van der Waals surface area contributed by atoms with E-state index >= 15 is 0 Å². The van der Waals surface area contributed by atoms with Gasteiger partial charge >= 0.3 is 0 Å². The van der Waals surface area contributed by atoms with Crippen LogP contribution < -0.4 is 5.32 Å². The first-order valence-corrected chi connectivity index (χ1v) is 6.48. The van der Waals surface area contributed by atoms with Crippen molar-refractivity contribution in [2.24, 2.45) is 0 Å². The molecule has 0 radical (unpaired) electrons. The van der Waals surface area contributed by atoms with Gasteiger partial charge in [-0.15, -0.1) is 11.3 Å². The van der Waals surface area contributed by atoms with Crippen LogP contribution in [0.2, 0.25) is 0 Å². The van der Waals surface area contributed by atoms with Gasteiger partial charge in [0.1, 0.15) is 6.61 Å². The molecule has 0 spiro atoms. The molecule has 2 aromatic heterocycles. The third-order valence-electron chi connectivity index (χ3n) is 2.32. The predicted octanol–water partition coefficient (Wildman–Crippen LogP) is 1.42. The number of amides is 1. The number of aromatic nitrogens is 1. The Kier molecular flexibility index (Phi) is 4.67. The van der Waals surface area contributed by atoms with E-state index in [1.54, 1.807) is 24.5 Å². The van der Waals surface area contributed by atoms with Crippen LogP contribution in [0.5, 0.6) is 0 Å². The Labute approximate surface area is 115 Å². The molecule has 5 heteroatoms. The van der Waals surface area contributed by atoms with Gasteiger partial charge in [-0.3, -0.25) is 9.78 Å².